The summed E-state index contributed by atoms with van der Waals surface area (Å²) in [5.74, 6) is 0.487. The topological polar surface area (TPSA) is 47.6 Å². The van der Waals surface area contributed by atoms with Crippen molar-refractivity contribution in [3.8, 4) is 5.75 Å². The first kappa shape index (κ1) is 14.9. The molecule has 0 saturated heterocycles. The third-order valence-electron chi connectivity index (χ3n) is 3.04. The van der Waals surface area contributed by atoms with Crippen LogP contribution in [0.5, 0.6) is 5.75 Å². The second-order valence-electron chi connectivity index (χ2n) is 4.63. The van der Waals surface area contributed by atoms with Crippen molar-refractivity contribution in [2.24, 2.45) is 0 Å². The van der Waals surface area contributed by atoms with Crippen molar-refractivity contribution < 1.29 is 14.3 Å². The van der Waals surface area contributed by atoms with Crippen molar-refractivity contribution in [3.63, 3.8) is 0 Å². The van der Waals surface area contributed by atoms with Crippen molar-refractivity contribution in [1.29, 1.82) is 0 Å². The Hall–Kier alpha value is -2.49. The van der Waals surface area contributed by atoms with E-state index in [1.165, 1.54) is 12.7 Å². The summed E-state index contributed by atoms with van der Waals surface area (Å²) >= 11 is 0. The number of esters is 1. The standard InChI is InChI=1S/C17H19NO3/c1-13-7-9-14(10-8-13)21-12-11-18-16-6-4-3-5-15(16)17(19)20-2/h3-10,18H,11-12H2,1-2H3. The molecule has 0 heterocycles. The molecule has 0 aliphatic carbocycles. The lowest BCUT2D eigenvalue weighted by Gasteiger charge is -2.11. The number of benzene rings is 2. The van der Waals surface area contributed by atoms with Crippen LogP contribution in [0.25, 0.3) is 0 Å². The summed E-state index contributed by atoms with van der Waals surface area (Å²) in [4.78, 5) is 11.6. The molecule has 4 heteroatoms. The van der Waals surface area contributed by atoms with Crippen molar-refractivity contribution in [2.75, 3.05) is 25.6 Å². The average Bonchev–Trinajstić information content (AvgIpc) is 2.53. The fourth-order valence-corrected chi connectivity index (χ4v) is 1.91. The third kappa shape index (κ3) is 4.24. The van der Waals surface area contributed by atoms with E-state index >= 15 is 0 Å². The predicted molar refractivity (Wildman–Crippen MR) is 82.9 cm³/mol. The van der Waals surface area contributed by atoms with Gasteiger partial charge in [-0.15, -0.1) is 0 Å². The fraction of sp³-hybridized carbons (Fsp3) is 0.235. The second kappa shape index (κ2) is 7.33. The molecule has 0 bridgehead atoms. The van der Waals surface area contributed by atoms with Crippen molar-refractivity contribution in [2.45, 2.75) is 6.92 Å². The maximum absolute atomic E-state index is 11.6. The highest BCUT2D eigenvalue weighted by molar-refractivity contribution is 5.95. The average molecular weight is 285 g/mol. The van der Waals surface area contributed by atoms with Crippen LogP contribution in [0.15, 0.2) is 48.5 Å². The van der Waals surface area contributed by atoms with Gasteiger partial charge in [-0.2, -0.15) is 0 Å². The highest BCUT2D eigenvalue weighted by Gasteiger charge is 2.10. The molecule has 110 valence electrons. The number of para-hydroxylation sites is 1. The predicted octanol–water partition coefficient (Wildman–Crippen LogP) is 3.27. The molecule has 0 radical (unpaired) electrons. The van der Waals surface area contributed by atoms with Crippen LogP contribution in [0, 0.1) is 6.92 Å². The van der Waals surface area contributed by atoms with Gasteiger partial charge in [0, 0.05) is 12.2 Å². The van der Waals surface area contributed by atoms with Crippen molar-refractivity contribution >= 4 is 11.7 Å². The zero-order valence-electron chi connectivity index (χ0n) is 12.3. The summed E-state index contributed by atoms with van der Waals surface area (Å²) in [5.41, 5.74) is 2.47. The number of anilines is 1. The van der Waals surface area contributed by atoms with Crippen LogP contribution >= 0.6 is 0 Å². The number of aryl methyl sites for hydroxylation is 1. The van der Waals surface area contributed by atoms with E-state index < -0.39 is 0 Å². The lowest BCUT2D eigenvalue weighted by molar-refractivity contribution is 0.0602. The van der Waals surface area contributed by atoms with Crippen LogP contribution in [0.1, 0.15) is 15.9 Å². The molecule has 0 aliphatic heterocycles. The number of ether oxygens (including phenoxy) is 2. The number of hydrogen-bond donors (Lipinski definition) is 1. The van der Waals surface area contributed by atoms with Crippen LogP contribution in [0.2, 0.25) is 0 Å². The lowest BCUT2D eigenvalue weighted by atomic mass is 10.2. The Bertz CT molecular complexity index is 593. The summed E-state index contributed by atoms with van der Waals surface area (Å²) in [6.45, 7) is 3.15. The van der Waals surface area contributed by atoms with Crippen molar-refractivity contribution in [3.05, 3.63) is 59.7 Å². The van der Waals surface area contributed by atoms with E-state index in [1.807, 2.05) is 43.3 Å². The van der Waals surface area contributed by atoms with Crippen LogP contribution in [-0.2, 0) is 4.74 Å². The zero-order valence-corrected chi connectivity index (χ0v) is 12.3. The number of carbonyl (C=O) groups is 1. The molecule has 21 heavy (non-hydrogen) atoms. The van der Waals surface area contributed by atoms with Crippen LogP contribution in [0.3, 0.4) is 0 Å². The molecule has 0 aromatic heterocycles. The summed E-state index contributed by atoms with van der Waals surface area (Å²) in [6.07, 6.45) is 0. The molecule has 2 aromatic carbocycles. The number of rotatable bonds is 6. The van der Waals surface area contributed by atoms with E-state index in [4.69, 9.17) is 9.47 Å². The molecular formula is C17H19NO3. The quantitative estimate of drug-likeness (QED) is 0.653. The molecular weight excluding hydrogens is 266 g/mol. The fourth-order valence-electron chi connectivity index (χ4n) is 1.91. The number of carbonyl (C=O) groups excluding carboxylic acids is 1. The van der Waals surface area contributed by atoms with Crippen LogP contribution in [-0.4, -0.2) is 26.2 Å². The molecule has 0 atom stereocenters. The van der Waals surface area contributed by atoms with Crippen LogP contribution < -0.4 is 10.1 Å². The van der Waals surface area contributed by atoms with E-state index in [9.17, 15) is 4.79 Å². The first-order valence-electron chi connectivity index (χ1n) is 6.81. The first-order valence-corrected chi connectivity index (χ1v) is 6.81. The van der Waals surface area contributed by atoms with E-state index in [2.05, 4.69) is 5.32 Å². The van der Waals surface area contributed by atoms with Gasteiger partial charge < -0.3 is 14.8 Å². The Kier molecular flexibility index (Phi) is 5.21. The molecule has 0 aliphatic rings. The van der Waals surface area contributed by atoms with Gasteiger partial charge in [-0.1, -0.05) is 29.8 Å². The van der Waals surface area contributed by atoms with E-state index in [-0.39, 0.29) is 5.97 Å². The highest BCUT2D eigenvalue weighted by atomic mass is 16.5. The van der Waals surface area contributed by atoms with Gasteiger partial charge in [-0.05, 0) is 31.2 Å². The maximum Gasteiger partial charge on any atom is 0.339 e. The monoisotopic (exact) mass is 285 g/mol. The lowest BCUT2D eigenvalue weighted by Crippen LogP contribution is -2.14. The number of hydrogen-bond acceptors (Lipinski definition) is 4. The van der Waals surface area contributed by atoms with Gasteiger partial charge in [0.2, 0.25) is 0 Å². The highest BCUT2D eigenvalue weighted by Crippen LogP contribution is 2.16. The Morgan fingerprint density at radius 2 is 1.81 bits per heavy atom. The minimum atomic E-state index is -0.349. The summed E-state index contributed by atoms with van der Waals surface area (Å²) in [5, 5.41) is 3.18. The molecule has 0 saturated carbocycles. The molecule has 2 aromatic rings. The molecule has 1 N–H and O–H groups in total. The molecule has 0 fully saturated rings. The van der Waals surface area contributed by atoms with Gasteiger partial charge in [-0.3, -0.25) is 0 Å². The summed E-state index contributed by atoms with van der Waals surface area (Å²) in [6, 6.07) is 15.2. The Balaban J connectivity index is 1.86. The Morgan fingerprint density at radius 3 is 2.52 bits per heavy atom. The normalized spacial score (nSPS) is 10.0. The Labute approximate surface area is 124 Å². The van der Waals surface area contributed by atoms with Gasteiger partial charge in [0.25, 0.3) is 0 Å². The van der Waals surface area contributed by atoms with Gasteiger partial charge >= 0.3 is 5.97 Å². The SMILES string of the molecule is COC(=O)c1ccccc1NCCOc1ccc(C)cc1. The smallest absolute Gasteiger partial charge is 0.339 e. The minimum absolute atomic E-state index is 0.349. The summed E-state index contributed by atoms with van der Waals surface area (Å²) in [7, 11) is 1.37. The summed E-state index contributed by atoms with van der Waals surface area (Å²) < 4.78 is 10.4. The van der Waals surface area contributed by atoms with E-state index in [1.54, 1.807) is 12.1 Å². The molecule has 2 rings (SSSR count). The minimum Gasteiger partial charge on any atom is -0.492 e. The maximum atomic E-state index is 11.6. The van der Waals surface area contributed by atoms with E-state index in [0.29, 0.717) is 18.7 Å². The van der Waals surface area contributed by atoms with Gasteiger partial charge in [-0.25, -0.2) is 4.79 Å². The Morgan fingerprint density at radius 1 is 1.10 bits per heavy atom. The molecule has 0 unspecified atom stereocenters. The number of nitrogens with one attached hydrogen (secondary N) is 1. The van der Waals surface area contributed by atoms with E-state index in [0.717, 1.165) is 11.4 Å². The van der Waals surface area contributed by atoms with Crippen LogP contribution in [0.4, 0.5) is 5.69 Å². The number of methoxy groups -OCH3 is 1. The molecule has 0 spiro atoms. The largest absolute Gasteiger partial charge is 0.492 e. The second-order valence-corrected chi connectivity index (χ2v) is 4.63. The molecule has 0 amide bonds. The zero-order chi connectivity index (χ0) is 15.1. The van der Waals surface area contributed by atoms with Crippen molar-refractivity contribution in [1.82, 2.24) is 0 Å². The van der Waals surface area contributed by atoms with Gasteiger partial charge in [0.15, 0.2) is 0 Å². The molecule has 4 nitrogen and oxygen atoms in total. The van der Waals surface area contributed by atoms with Gasteiger partial charge in [0.05, 0.1) is 12.7 Å². The first-order chi connectivity index (χ1) is 10.2. The van der Waals surface area contributed by atoms with Gasteiger partial charge in [0.1, 0.15) is 12.4 Å². The third-order valence-corrected chi connectivity index (χ3v) is 3.04.